The Balaban J connectivity index is -0.000000180. The molecule has 0 aromatic heterocycles. The van der Waals surface area contributed by atoms with Gasteiger partial charge in [-0.3, -0.25) is 0 Å². The van der Waals surface area contributed by atoms with Gasteiger partial charge in [0.05, 0.1) is 0 Å². The maximum atomic E-state index is 3.82. The standard InChI is InChI=1S/C6H11N.V.W/c1-6(2,3)5-7-4;;/h1-3,5H2,4H3;;/q-4;2*+2. The van der Waals surface area contributed by atoms with Crippen molar-refractivity contribution >= 4 is 0 Å². The fourth-order valence-corrected chi connectivity index (χ4v) is 0.335. The Labute approximate surface area is 84.5 Å². The van der Waals surface area contributed by atoms with E-state index in [2.05, 4.69) is 26.1 Å². The van der Waals surface area contributed by atoms with Crippen molar-refractivity contribution in [2.45, 2.75) is 0 Å². The van der Waals surface area contributed by atoms with Gasteiger partial charge in [-0.15, -0.1) is 0 Å². The Hall–Kier alpha value is 1.23. The minimum absolute atomic E-state index is 0. The fourth-order valence-electron chi connectivity index (χ4n) is 0.335. The van der Waals surface area contributed by atoms with Crippen LogP contribution in [0.3, 0.4) is 0 Å². The van der Waals surface area contributed by atoms with Crippen LogP contribution in [0.2, 0.25) is 0 Å². The predicted octanol–water partition coefficient (Wildman–Crippen LogP) is 1.47. The summed E-state index contributed by atoms with van der Waals surface area (Å²) < 4.78 is 0. The van der Waals surface area contributed by atoms with Gasteiger partial charge in [-0.05, 0) is 0 Å². The van der Waals surface area contributed by atoms with Crippen molar-refractivity contribution in [2.24, 2.45) is 5.41 Å². The molecule has 0 aliphatic rings. The zero-order valence-corrected chi connectivity index (χ0v) is 9.96. The van der Waals surface area contributed by atoms with Crippen molar-refractivity contribution in [2.75, 3.05) is 13.6 Å². The first kappa shape index (κ1) is 16.7. The minimum Gasteiger partial charge on any atom is -0.670 e. The molecule has 0 aromatic rings. The van der Waals surface area contributed by atoms with E-state index >= 15 is 0 Å². The Bertz CT molecular complexity index is 51.5. The molecular weight excluding hydrogens is 321 g/mol. The molecule has 1 nitrogen and oxygen atoms in total. The van der Waals surface area contributed by atoms with Crippen LogP contribution in [0.25, 0.3) is 5.32 Å². The molecule has 0 heterocycles. The minimum atomic E-state index is -0.366. The van der Waals surface area contributed by atoms with Gasteiger partial charge in [-0.1, -0.05) is 0 Å². The molecule has 0 aromatic carbocycles. The first-order valence-electron chi connectivity index (χ1n) is 2.18. The van der Waals surface area contributed by atoms with Crippen molar-refractivity contribution in [3.05, 3.63) is 26.1 Å². The molecule has 0 saturated carbocycles. The van der Waals surface area contributed by atoms with E-state index in [0.29, 0.717) is 6.54 Å². The summed E-state index contributed by atoms with van der Waals surface area (Å²) in [6.07, 6.45) is 0. The summed E-state index contributed by atoms with van der Waals surface area (Å²) in [5, 5.41) is 3.82. The first-order chi connectivity index (χ1) is 3.06. The normalized spacial score (nSPS) is 9.33. The van der Waals surface area contributed by atoms with Crippen LogP contribution in [-0.2, 0) is 39.6 Å². The summed E-state index contributed by atoms with van der Waals surface area (Å²) in [6, 6.07) is 0. The first-order valence-corrected chi connectivity index (χ1v) is 2.18. The van der Waals surface area contributed by atoms with Crippen molar-refractivity contribution in [1.82, 2.24) is 0 Å². The molecule has 0 spiro atoms. The van der Waals surface area contributed by atoms with E-state index in [1.165, 1.54) is 0 Å². The Kier molecular flexibility index (Phi) is 13.6. The third kappa shape index (κ3) is 17.6. The quantitative estimate of drug-likeness (QED) is 0.680. The van der Waals surface area contributed by atoms with Crippen LogP contribution in [0.15, 0.2) is 0 Å². The van der Waals surface area contributed by atoms with Crippen LogP contribution in [0, 0.1) is 26.2 Å². The largest absolute Gasteiger partial charge is 2.00 e. The second-order valence-electron chi connectivity index (χ2n) is 1.97. The van der Waals surface area contributed by atoms with Gasteiger partial charge < -0.3 is 31.5 Å². The Morgan fingerprint density at radius 1 is 1.33 bits per heavy atom. The van der Waals surface area contributed by atoms with E-state index in [1.54, 1.807) is 7.05 Å². The molecule has 0 atom stereocenters. The molecule has 0 N–H and O–H groups in total. The Morgan fingerprint density at radius 2 is 1.67 bits per heavy atom. The van der Waals surface area contributed by atoms with Crippen molar-refractivity contribution < 1.29 is 39.6 Å². The van der Waals surface area contributed by atoms with E-state index in [4.69, 9.17) is 0 Å². The zero-order chi connectivity index (χ0) is 5.91. The molecule has 0 aliphatic heterocycles. The van der Waals surface area contributed by atoms with E-state index in [-0.39, 0.29) is 45.0 Å². The molecule has 0 aliphatic carbocycles. The van der Waals surface area contributed by atoms with Crippen LogP contribution in [0.4, 0.5) is 0 Å². The van der Waals surface area contributed by atoms with Gasteiger partial charge in [0.25, 0.3) is 0 Å². The molecule has 9 heavy (non-hydrogen) atoms. The number of hydrogen-bond acceptors (Lipinski definition) is 0. The molecule has 0 fully saturated rings. The maximum Gasteiger partial charge on any atom is 2.00 e. The number of hydrogen-bond donors (Lipinski definition) is 0. The van der Waals surface area contributed by atoms with Crippen LogP contribution in [-0.4, -0.2) is 13.6 Å². The summed E-state index contributed by atoms with van der Waals surface area (Å²) in [5.41, 5.74) is -0.366. The molecule has 0 amide bonds. The third-order valence-corrected chi connectivity index (χ3v) is 0.494. The molecule has 0 rings (SSSR count). The van der Waals surface area contributed by atoms with E-state index in [1.807, 2.05) is 0 Å². The summed E-state index contributed by atoms with van der Waals surface area (Å²) in [4.78, 5) is 0. The van der Waals surface area contributed by atoms with Gasteiger partial charge in [0.2, 0.25) is 0 Å². The summed E-state index contributed by atoms with van der Waals surface area (Å²) in [7, 11) is 1.73. The smallest absolute Gasteiger partial charge is 0.670 e. The average molecular weight is 332 g/mol. The van der Waals surface area contributed by atoms with Gasteiger partial charge in [-0.2, -0.15) is 7.05 Å². The van der Waals surface area contributed by atoms with Gasteiger partial charge in [-0.25, -0.2) is 6.54 Å². The van der Waals surface area contributed by atoms with Gasteiger partial charge >= 0.3 is 39.6 Å². The van der Waals surface area contributed by atoms with E-state index < -0.39 is 0 Å². The SMILES string of the molecule is [CH2-]C([CH2-])([CH2-])C[N-]C.[V+2].[W+2]. The predicted molar refractivity (Wildman–Crippen MR) is 32.7 cm³/mol. The maximum absolute atomic E-state index is 3.82. The molecule has 0 bridgehead atoms. The summed E-state index contributed by atoms with van der Waals surface area (Å²) in [6.45, 7) is 11.6. The molecule has 1 radical (unpaired) electrons. The number of rotatable bonds is 2. The van der Waals surface area contributed by atoms with Crippen molar-refractivity contribution in [3.63, 3.8) is 0 Å². The van der Waals surface area contributed by atoms with Crippen molar-refractivity contribution in [1.29, 1.82) is 0 Å². The summed E-state index contributed by atoms with van der Waals surface area (Å²) >= 11 is 0. The fraction of sp³-hybridized carbons (Fsp3) is 0.500. The van der Waals surface area contributed by atoms with Crippen molar-refractivity contribution in [3.8, 4) is 0 Å². The monoisotopic (exact) mass is 332 g/mol. The van der Waals surface area contributed by atoms with Crippen LogP contribution in [0.5, 0.6) is 0 Å². The van der Waals surface area contributed by atoms with E-state index in [0.717, 1.165) is 0 Å². The van der Waals surface area contributed by atoms with Gasteiger partial charge in [0.15, 0.2) is 0 Å². The van der Waals surface area contributed by atoms with Crippen LogP contribution >= 0.6 is 0 Å². The number of nitrogens with zero attached hydrogens (tertiary/aromatic N) is 1. The van der Waals surface area contributed by atoms with Gasteiger partial charge in [0.1, 0.15) is 0 Å². The molecule has 3 heteroatoms. The Morgan fingerprint density at radius 3 is 1.67 bits per heavy atom. The molecule has 51 valence electrons. The summed E-state index contributed by atoms with van der Waals surface area (Å²) in [5.74, 6) is 0. The van der Waals surface area contributed by atoms with E-state index in [9.17, 15) is 0 Å². The second-order valence-corrected chi connectivity index (χ2v) is 1.97. The molecule has 0 unspecified atom stereocenters. The zero-order valence-electron chi connectivity index (χ0n) is 5.63. The molecular formula is C6H11NVW. The molecule has 0 saturated heterocycles. The van der Waals surface area contributed by atoms with Gasteiger partial charge in [0, 0.05) is 0 Å². The topological polar surface area (TPSA) is 14.1 Å². The van der Waals surface area contributed by atoms with Crippen LogP contribution in [0.1, 0.15) is 0 Å². The second kappa shape index (κ2) is 7.34. The third-order valence-electron chi connectivity index (χ3n) is 0.494. The van der Waals surface area contributed by atoms with Crippen LogP contribution < -0.4 is 0 Å². The average Bonchev–Trinajstić information content (AvgIpc) is 1.30.